The molecular weight excluding hydrogens is 312 g/mol. The Hall–Kier alpha value is -1.47. The van der Waals surface area contributed by atoms with Crippen LogP contribution in [-0.4, -0.2) is 49.1 Å². The number of hydrogen-bond donors (Lipinski definition) is 0. The van der Waals surface area contributed by atoms with E-state index in [4.69, 9.17) is 23.7 Å². The third kappa shape index (κ3) is 2.37. The molecule has 1 spiro atoms. The van der Waals surface area contributed by atoms with E-state index in [0.29, 0.717) is 5.56 Å². The number of rotatable bonds is 3. The molecule has 1 saturated carbocycles. The van der Waals surface area contributed by atoms with Crippen LogP contribution in [0, 0.1) is 0 Å². The monoisotopic (exact) mass is 334 g/mol. The normalized spacial score (nSPS) is 39.5. The Labute approximate surface area is 141 Å². The van der Waals surface area contributed by atoms with E-state index in [-0.39, 0.29) is 24.3 Å². The van der Waals surface area contributed by atoms with E-state index in [1.54, 1.807) is 19.2 Å². The molecule has 3 unspecified atom stereocenters. The zero-order valence-corrected chi connectivity index (χ0v) is 14.1. The maximum Gasteiger partial charge on any atom is 0.338 e. The molecule has 4 rings (SSSR count). The van der Waals surface area contributed by atoms with Gasteiger partial charge in [-0.2, -0.15) is 0 Å². The Morgan fingerprint density at radius 1 is 1.17 bits per heavy atom. The van der Waals surface area contributed by atoms with E-state index < -0.39 is 17.7 Å². The molecule has 2 heterocycles. The lowest BCUT2D eigenvalue weighted by molar-refractivity contribution is -0.288. The molecule has 3 aliphatic rings. The van der Waals surface area contributed by atoms with Crippen LogP contribution in [0.25, 0.3) is 0 Å². The van der Waals surface area contributed by atoms with Gasteiger partial charge in [0.2, 0.25) is 0 Å². The van der Waals surface area contributed by atoms with Gasteiger partial charge in [-0.1, -0.05) is 18.2 Å². The first-order valence-corrected chi connectivity index (χ1v) is 8.27. The summed E-state index contributed by atoms with van der Waals surface area (Å²) < 4.78 is 29.2. The van der Waals surface area contributed by atoms with Crippen molar-refractivity contribution < 1.29 is 28.5 Å². The molecule has 6 nitrogen and oxygen atoms in total. The highest BCUT2D eigenvalue weighted by molar-refractivity contribution is 5.89. The number of ether oxygens (including phenoxy) is 5. The van der Waals surface area contributed by atoms with Gasteiger partial charge in [0.15, 0.2) is 12.1 Å². The summed E-state index contributed by atoms with van der Waals surface area (Å²) in [4.78, 5) is 12.4. The zero-order valence-electron chi connectivity index (χ0n) is 14.1. The second-order valence-electron chi connectivity index (χ2n) is 7.00. The molecule has 5 atom stereocenters. The highest BCUT2D eigenvalue weighted by Gasteiger charge is 2.70. The highest BCUT2D eigenvalue weighted by Crippen LogP contribution is 2.54. The summed E-state index contributed by atoms with van der Waals surface area (Å²) in [6.07, 6.45) is -0.0178. The molecule has 0 amide bonds. The summed E-state index contributed by atoms with van der Waals surface area (Å²) >= 11 is 0. The van der Waals surface area contributed by atoms with Gasteiger partial charge in [-0.3, -0.25) is 0 Å². The van der Waals surface area contributed by atoms with E-state index in [2.05, 4.69) is 0 Å². The Morgan fingerprint density at radius 3 is 2.54 bits per heavy atom. The van der Waals surface area contributed by atoms with E-state index in [0.717, 1.165) is 12.8 Å². The third-order valence-corrected chi connectivity index (χ3v) is 5.05. The molecule has 24 heavy (non-hydrogen) atoms. The highest BCUT2D eigenvalue weighted by atomic mass is 16.8. The van der Waals surface area contributed by atoms with Gasteiger partial charge in [0.05, 0.1) is 5.56 Å². The van der Waals surface area contributed by atoms with E-state index in [1.165, 1.54) is 0 Å². The average Bonchev–Trinajstić information content (AvgIpc) is 3.04. The Bertz CT molecular complexity index is 630. The van der Waals surface area contributed by atoms with Crippen LogP contribution in [0.1, 0.15) is 37.0 Å². The van der Waals surface area contributed by atoms with Crippen molar-refractivity contribution in [2.24, 2.45) is 0 Å². The molecule has 3 fully saturated rings. The zero-order chi connectivity index (χ0) is 16.9. The van der Waals surface area contributed by atoms with Crippen LogP contribution in [-0.2, 0) is 23.7 Å². The lowest BCUT2D eigenvalue weighted by Crippen LogP contribution is -2.61. The Morgan fingerprint density at radius 2 is 1.92 bits per heavy atom. The molecule has 0 bridgehead atoms. The minimum Gasteiger partial charge on any atom is -0.456 e. The number of fused-ring (bicyclic) bond motifs is 2. The first-order chi connectivity index (χ1) is 11.5. The van der Waals surface area contributed by atoms with Crippen LogP contribution in [0.3, 0.4) is 0 Å². The largest absolute Gasteiger partial charge is 0.456 e. The van der Waals surface area contributed by atoms with Gasteiger partial charge in [-0.15, -0.1) is 0 Å². The lowest BCUT2D eigenvalue weighted by Gasteiger charge is -2.47. The molecule has 2 saturated heterocycles. The molecule has 1 aromatic carbocycles. The second-order valence-corrected chi connectivity index (χ2v) is 7.00. The first kappa shape index (κ1) is 16.0. The second kappa shape index (κ2) is 5.52. The lowest BCUT2D eigenvalue weighted by atomic mass is 9.72. The smallest absolute Gasteiger partial charge is 0.338 e. The number of esters is 1. The van der Waals surface area contributed by atoms with Gasteiger partial charge in [0.1, 0.15) is 23.9 Å². The van der Waals surface area contributed by atoms with Crippen molar-refractivity contribution in [3.8, 4) is 0 Å². The van der Waals surface area contributed by atoms with Gasteiger partial charge in [-0.05, 0) is 38.8 Å². The molecule has 1 aromatic rings. The maximum atomic E-state index is 12.4. The molecule has 6 heteroatoms. The number of carbonyl (C=O) groups is 1. The van der Waals surface area contributed by atoms with Gasteiger partial charge < -0.3 is 23.7 Å². The fourth-order valence-electron chi connectivity index (χ4n) is 3.84. The van der Waals surface area contributed by atoms with E-state index >= 15 is 0 Å². The van der Waals surface area contributed by atoms with Crippen molar-refractivity contribution in [1.29, 1.82) is 0 Å². The molecule has 0 N–H and O–H groups in total. The third-order valence-electron chi connectivity index (χ3n) is 5.05. The summed E-state index contributed by atoms with van der Waals surface area (Å²) in [6, 6.07) is 8.96. The molecule has 0 radical (unpaired) electrons. The standard InChI is InChI=1S/C18H22O6/c1-17(2)22-13-14(23-17)18(24-16(13)20-3)10-9-12(18)21-15(19)11-7-5-4-6-8-11/h4-8,12-14,16H,9-10H2,1-3H3/t12-,13?,14?,16?,18+/m1/s1. The van der Waals surface area contributed by atoms with Crippen LogP contribution in [0.15, 0.2) is 30.3 Å². The quantitative estimate of drug-likeness (QED) is 0.790. The summed E-state index contributed by atoms with van der Waals surface area (Å²) in [5.74, 6) is -1.05. The molecular formula is C18H22O6. The van der Waals surface area contributed by atoms with Crippen molar-refractivity contribution in [3.63, 3.8) is 0 Å². The number of benzene rings is 1. The molecule has 0 aromatic heterocycles. The Kier molecular flexibility index (Phi) is 3.69. The van der Waals surface area contributed by atoms with Crippen molar-refractivity contribution in [2.75, 3.05) is 7.11 Å². The van der Waals surface area contributed by atoms with Gasteiger partial charge in [-0.25, -0.2) is 4.79 Å². The van der Waals surface area contributed by atoms with Gasteiger partial charge >= 0.3 is 5.97 Å². The summed E-state index contributed by atoms with van der Waals surface area (Å²) in [5, 5.41) is 0. The van der Waals surface area contributed by atoms with Gasteiger partial charge in [0.25, 0.3) is 0 Å². The fraction of sp³-hybridized carbons (Fsp3) is 0.611. The predicted molar refractivity (Wildman–Crippen MR) is 83.3 cm³/mol. The van der Waals surface area contributed by atoms with Gasteiger partial charge in [0, 0.05) is 7.11 Å². The van der Waals surface area contributed by atoms with Crippen LogP contribution in [0.4, 0.5) is 0 Å². The van der Waals surface area contributed by atoms with Crippen molar-refractivity contribution in [2.45, 2.75) is 62.7 Å². The van der Waals surface area contributed by atoms with Crippen molar-refractivity contribution in [1.82, 2.24) is 0 Å². The summed E-state index contributed by atoms with van der Waals surface area (Å²) in [5.41, 5.74) is -0.162. The first-order valence-electron chi connectivity index (χ1n) is 8.27. The van der Waals surface area contributed by atoms with E-state index in [9.17, 15) is 4.79 Å². The van der Waals surface area contributed by atoms with Crippen molar-refractivity contribution >= 4 is 5.97 Å². The summed E-state index contributed by atoms with van der Waals surface area (Å²) in [7, 11) is 1.58. The predicted octanol–water partition coefficient (Wildman–Crippen LogP) is 2.27. The minimum atomic E-state index is -0.702. The number of carbonyl (C=O) groups excluding carboxylic acids is 1. The van der Waals surface area contributed by atoms with Crippen LogP contribution < -0.4 is 0 Å². The van der Waals surface area contributed by atoms with E-state index in [1.807, 2.05) is 32.0 Å². The van der Waals surface area contributed by atoms with Crippen molar-refractivity contribution in [3.05, 3.63) is 35.9 Å². The van der Waals surface area contributed by atoms with Crippen LogP contribution in [0.2, 0.25) is 0 Å². The fourth-order valence-corrected chi connectivity index (χ4v) is 3.84. The van der Waals surface area contributed by atoms with Crippen LogP contribution in [0.5, 0.6) is 0 Å². The minimum absolute atomic E-state index is 0.306. The summed E-state index contributed by atoms with van der Waals surface area (Å²) in [6.45, 7) is 3.74. The molecule has 2 aliphatic heterocycles. The average molecular weight is 334 g/mol. The Balaban J connectivity index is 1.54. The maximum absolute atomic E-state index is 12.4. The van der Waals surface area contributed by atoms with Crippen LogP contribution >= 0.6 is 0 Å². The SMILES string of the molecule is COC1O[C@]2(CC[C@H]2OC(=O)c2ccccc2)C2OC(C)(C)OC12. The number of methoxy groups -OCH3 is 1. The molecule has 130 valence electrons. The molecule has 1 aliphatic carbocycles. The topological polar surface area (TPSA) is 63.2 Å². The number of hydrogen-bond acceptors (Lipinski definition) is 6.